The van der Waals surface area contributed by atoms with E-state index in [1.54, 1.807) is 0 Å². The number of aliphatic carboxylic acids is 1. The van der Waals surface area contributed by atoms with Gasteiger partial charge in [0.05, 0.1) is 5.41 Å². The lowest BCUT2D eigenvalue weighted by molar-refractivity contribution is -0.157. The number of carboxylic acid groups (broad SMARTS) is 1. The third kappa shape index (κ3) is 3.59. The first-order valence-corrected chi connectivity index (χ1v) is 10.6. The molecule has 1 heterocycles. The molecule has 2 amide bonds. The van der Waals surface area contributed by atoms with Crippen molar-refractivity contribution in [3.05, 3.63) is 0 Å². The van der Waals surface area contributed by atoms with E-state index in [2.05, 4.69) is 0 Å². The lowest BCUT2D eigenvalue weighted by atomic mass is 9.49. The topological polar surface area (TPSA) is 77.9 Å². The van der Waals surface area contributed by atoms with Gasteiger partial charge in [-0.15, -0.1) is 0 Å². The normalized spacial score (nSPS) is 37.7. The van der Waals surface area contributed by atoms with Crippen molar-refractivity contribution in [2.45, 2.75) is 70.8 Å². The van der Waals surface area contributed by atoms with Gasteiger partial charge in [-0.3, -0.25) is 14.4 Å². The highest BCUT2D eigenvalue weighted by molar-refractivity contribution is 5.83. The first-order chi connectivity index (χ1) is 12.9. The Bertz CT molecular complexity index is 596. The Morgan fingerprint density at radius 1 is 1.00 bits per heavy atom. The van der Waals surface area contributed by atoms with Crippen molar-refractivity contribution in [1.29, 1.82) is 0 Å². The van der Waals surface area contributed by atoms with Gasteiger partial charge in [0.25, 0.3) is 0 Å². The molecule has 1 atom stereocenters. The fourth-order valence-electron chi connectivity index (χ4n) is 6.94. The van der Waals surface area contributed by atoms with Gasteiger partial charge in [0.1, 0.15) is 6.54 Å². The molecule has 4 bridgehead atoms. The molecule has 4 saturated carbocycles. The molecular weight excluding hydrogens is 344 g/mol. The standard InChI is InChI=1S/C21H32N2O4/c1-14(24)23(13-19(25)26)18-3-2-5-22(6-4-18)20(27)21-10-15-7-16(11-21)9-17(8-15)12-21/h15-18H,2-13H2,1H3,(H,25,26). The van der Waals surface area contributed by atoms with E-state index in [1.807, 2.05) is 4.90 Å². The van der Waals surface area contributed by atoms with Crippen molar-refractivity contribution < 1.29 is 19.5 Å². The second-order valence-corrected chi connectivity index (χ2v) is 9.62. The van der Waals surface area contributed by atoms with Crippen LogP contribution in [0.2, 0.25) is 0 Å². The molecule has 0 aromatic rings. The van der Waals surface area contributed by atoms with Crippen molar-refractivity contribution >= 4 is 17.8 Å². The van der Waals surface area contributed by atoms with Crippen molar-refractivity contribution in [2.75, 3.05) is 19.6 Å². The van der Waals surface area contributed by atoms with Crippen molar-refractivity contribution in [3.63, 3.8) is 0 Å². The van der Waals surface area contributed by atoms with Crippen LogP contribution in [-0.4, -0.2) is 58.4 Å². The molecule has 150 valence electrons. The zero-order valence-corrected chi connectivity index (χ0v) is 16.4. The van der Waals surface area contributed by atoms with E-state index in [-0.39, 0.29) is 23.9 Å². The van der Waals surface area contributed by atoms with Crippen LogP contribution in [0.4, 0.5) is 0 Å². The van der Waals surface area contributed by atoms with Gasteiger partial charge in [-0.1, -0.05) is 0 Å². The minimum absolute atomic E-state index is 0.0761. The summed E-state index contributed by atoms with van der Waals surface area (Å²) in [5.41, 5.74) is -0.115. The van der Waals surface area contributed by atoms with Crippen LogP contribution in [0.25, 0.3) is 0 Å². The van der Waals surface area contributed by atoms with E-state index in [0.29, 0.717) is 18.9 Å². The van der Waals surface area contributed by atoms with Gasteiger partial charge in [0, 0.05) is 26.1 Å². The number of rotatable bonds is 4. The Hall–Kier alpha value is -1.59. The number of amides is 2. The molecule has 5 aliphatic rings. The molecule has 1 unspecified atom stereocenters. The Morgan fingerprint density at radius 2 is 1.59 bits per heavy atom. The molecule has 6 nitrogen and oxygen atoms in total. The minimum atomic E-state index is -0.976. The fraction of sp³-hybridized carbons (Fsp3) is 0.857. The number of hydrogen-bond acceptors (Lipinski definition) is 3. The van der Waals surface area contributed by atoms with E-state index >= 15 is 0 Å². The molecular formula is C21H32N2O4. The molecule has 5 rings (SSSR count). The van der Waals surface area contributed by atoms with Crippen molar-refractivity contribution in [1.82, 2.24) is 9.80 Å². The zero-order chi connectivity index (χ0) is 19.2. The lowest BCUT2D eigenvalue weighted by Crippen LogP contribution is -2.54. The first kappa shape index (κ1) is 18.8. The Morgan fingerprint density at radius 3 is 2.11 bits per heavy atom. The van der Waals surface area contributed by atoms with Crippen LogP contribution >= 0.6 is 0 Å². The van der Waals surface area contributed by atoms with Gasteiger partial charge >= 0.3 is 5.97 Å². The van der Waals surface area contributed by atoms with Gasteiger partial charge in [0.15, 0.2) is 0 Å². The van der Waals surface area contributed by atoms with Crippen molar-refractivity contribution in [2.24, 2.45) is 23.2 Å². The smallest absolute Gasteiger partial charge is 0.323 e. The summed E-state index contributed by atoms with van der Waals surface area (Å²) in [6.45, 7) is 2.58. The SMILES string of the molecule is CC(=O)N(CC(=O)O)C1CCCN(C(=O)C23CC4CC(CC(C4)C2)C3)CC1. The summed E-state index contributed by atoms with van der Waals surface area (Å²) in [5, 5.41) is 9.11. The number of carbonyl (C=O) groups excluding carboxylic acids is 2. The molecule has 1 N–H and O–H groups in total. The molecule has 27 heavy (non-hydrogen) atoms. The predicted molar refractivity (Wildman–Crippen MR) is 99.8 cm³/mol. The number of likely N-dealkylation sites (tertiary alicyclic amines) is 1. The molecule has 4 aliphatic carbocycles. The number of carboxylic acids is 1. The van der Waals surface area contributed by atoms with E-state index in [9.17, 15) is 14.4 Å². The van der Waals surface area contributed by atoms with Crippen molar-refractivity contribution in [3.8, 4) is 0 Å². The maximum absolute atomic E-state index is 13.5. The zero-order valence-electron chi connectivity index (χ0n) is 16.4. The highest BCUT2D eigenvalue weighted by Gasteiger charge is 2.55. The monoisotopic (exact) mass is 376 g/mol. The van der Waals surface area contributed by atoms with Crippen LogP contribution in [0.1, 0.15) is 64.7 Å². The average molecular weight is 376 g/mol. The van der Waals surface area contributed by atoms with Gasteiger partial charge in [0.2, 0.25) is 11.8 Å². The fourth-order valence-corrected chi connectivity index (χ4v) is 6.94. The number of nitrogens with zero attached hydrogens (tertiary/aromatic N) is 2. The largest absolute Gasteiger partial charge is 0.480 e. The van der Waals surface area contributed by atoms with Gasteiger partial charge in [-0.2, -0.15) is 0 Å². The molecule has 1 aliphatic heterocycles. The van der Waals surface area contributed by atoms with Gasteiger partial charge < -0.3 is 14.9 Å². The number of carbonyl (C=O) groups is 3. The first-order valence-electron chi connectivity index (χ1n) is 10.6. The molecule has 0 radical (unpaired) electrons. The summed E-state index contributed by atoms with van der Waals surface area (Å²) in [4.78, 5) is 40.1. The molecule has 6 heteroatoms. The highest BCUT2D eigenvalue weighted by atomic mass is 16.4. The van der Waals surface area contributed by atoms with E-state index in [0.717, 1.165) is 56.4 Å². The van der Waals surface area contributed by atoms with Crippen LogP contribution in [-0.2, 0) is 14.4 Å². The van der Waals surface area contributed by atoms with E-state index in [1.165, 1.54) is 31.1 Å². The Kier molecular flexibility index (Phi) is 4.93. The third-order valence-electron chi connectivity index (χ3n) is 7.63. The number of hydrogen-bond donors (Lipinski definition) is 1. The van der Waals surface area contributed by atoms with Crippen LogP contribution in [0, 0.1) is 23.2 Å². The second-order valence-electron chi connectivity index (χ2n) is 9.62. The summed E-state index contributed by atoms with van der Waals surface area (Å²) in [7, 11) is 0. The van der Waals surface area contributed by atoms with E-state index < -0.39 is 5.97 Å². The predicted octanol–water partition coefficient (Wildman–Crippen LogP) is 2.52. The molecule has 5 fully saturated rings. The lowest BCUT2D eigenvalue weighted by Gasteiger charge is -2.56. The summed E-state index contributed by atoms with van der Waals surface area (Å²) in [6, 6.07) is -0.0761. The molecule has 0 spiro atoms. The summed E-state index contributed by atoms with van der Waals surface area (Å²) >= 11 is 0. The van der Waals surface area contributed by atoms with Gasteiger partial charge in [-0.25, -0.2) is 0 Å². The Labute approximate surface area is 161 Å². The average Bonchev–Trinajstić information content (AvgIpc) is 2.83. The quantitative estimate of drug-likeness (QED) is 0.818. The third-order valence-corrected chi connectivity index (χ3v) is 7.63. The minimum Gasteiger partial charge on any atom is -0.480 e. The second kappa shape index (κ2) is 7.10. The maximum Gasteiger partial charge on any atom is 0.323 e. The summed E-state index contributed by atoms with van der Waals surface area (Å²) < 4.78 is 0. The van der Waals surface area contributed by atoms with E-state index in [4.69, 9.17) is 5.11 Å². The van der Waals surface area contributed by atoms with Crippen LogP contribution in [0.15, 0.2) is 0 Å². The highest BCUT2D eigenvalue weighted by Crippen LogP contribution is 2.60. The summed E-state index contributed by atoms with van der Waals surface area (Å²) in [5.74, 6) is 1.45. The Balaban J connectivity index is 1.43. The van der Waals surface area contributed by atoms with Crippen LogP contribution in [0.5, 0.6) is 0 Å². The van der Waals surface area contributed by atoms with Crippen LogP contribution < -0.4 is 0 Å². The maximum atomic E-state index is 13.5. The van der Waals surface area contributed by atoms with Gasteiger partial charge in [-0.05, 0) is 75.5 Å². The molecule has 1 saturated heterocycles. The molecule has 0 aromatic carbocycles. The molecule has 0 aromatic heterocycles. The summed E-state index contributed by atoms with van der Waals surface area (Å²) in [6.07, 6.45) is 9.53. The van der Waals surface area contributed by atoms with Crippen LogP contribution in [0.3, 0.4) is 0 Å².